The summed E-state index contributed by atoms with van der Waals surface area (Å²) in [4.78, 5) is 0. The second-order valence-corrected chi connectivity index (χ2v) is 4.87. The van der Waals surface area contributed by atoms with E-state index in [2.05, 4.69) is 15.1 Å². The Morgan fingerprint density at radius 2 is 1.25 bits per heavy atom. The van der Waals surface area contributed by atoms with Crippen LogP contribution < -0.4 is 0 Å². The van der Waals surface area contributed by atoms with Crippen molar-refractivity contribution < 1.29 is 28.7 Å². The van der Waals surface area contributed by atoms with Gasteiger partial charge in [0.2, 0.25) is 0 Å². The molecule has 0 amide bonds. The van der Waals surface area contributed by atoms with Crippen LogP contribution in [0.5, 0.6) is 0 Å². The first-order chi connectivity index (χ1) is 3.68. The van der Waals surface area contributed by atoms with Crippen molar-refractivity contribution in [2.75, 3.05) is 21.3 Å². The molecule has 0 saturated carbocycles. The fourth-order valence-electron chi connectivity index (χ4n) is 0.224. The average Bonchev–Trinajstić information content (AvgIpc) is 1.87. The molecule has 8 heavy (non-hydrogen) atoms. The first-order valence-corrected chi connectivity index (χ1v) is 4.96. The number of rotatable bonds is 3. The molecule has 5 heteroatoms. The van der Waals surface area contributed by atoms with Crippen LogP contribution in [0.25, 0.3) is 0 Å². The average molecular weight is 181 g/mol. The summed E-state index contributed by atoms with van der Waals surface area (Å²) in [6.07, 6.45) is -2.10. The summed E-state index contributed by atoms with van der Waals surface area (Å²) in [7, 11) is 4.57. The minimum absolute atomic E-state index is 1.52. The van der Waals surface area contributed by atoms with E-state index in [1.54, 1.807) is 0 Å². The van der Waals surface area contributed by atoms with Gasteiger partial charge in [0.05, 0.1) is 0 Å². The Morgan fingerprint density at radius 3 is 1.25 bits per heavy atom. The van der Waals surface area contributed by atoms with Gasteiger partial charge in [0.25, 0.3) is 0 Å². The summed E-state index contributed by atoms with van der Waals surface area (Å²) in [6.45, 7) is 0. The Balaban J connectivity index is 3.79. The molecule has 0 fully saturated rings. The minimum atomic E-state index is -2.10. The SMILES string of the molecule is CO[P](=[FeH])(OC)OC. The third-order valence-electron chi connectivity index (χ3n) is 0.654. The molecule has 0 aliphatic heterocycles. The van der Waals surface area contributed by atoms with Gasteiger partial charge >= 0.3 is 56.2 Å². The molecule has 0 radical (unpaired) electrons. The Kier molecular flexibility index (Phi) is 4.17. The molecule has 0 aromatic rings. The monoisotopic (exact) mass is 181 g/mol. The predicted octanol–water partition coefficient (Wildman–Crippen LogP) is 0.882. The van der Waals surface area contributed by atoms with Crippen molar-refractivity contribution in [2.45, 2.75) is 0 Å². The predicted molar refractivity (Wildman–Crippen MR) is 29.3 cm³/mol. The molecule has 3 nitrogen and oxygen atoms in total. The van der Waals surface area contributed by atoms with Gasteiger partial charge in [-0.05, 0) is 0 Å². The maximum absolute atomic E-state index is 4.82. The summed E-state index contributed by atoms with van der Waals surface area (Å²) in [5.41, 5.74) is 0. The van der Waals surface area contributed by atoms with E-state index in [0.29, 0.717) is 0 Å². The van der Waals surface area contributed by atoms with Crippen LogP contribution in [-0.4, -0.2) is 21.3 Å². The van der Waals surface area contributed by atoms with Gasteiger partial charge in [-0.3, -0.25) is 0 Å². The third-order valence-corrected chi connectivity index (χ3v) is 3.90. The molecule has 0 heterocycles. The van der Waals surface area contributed by atoms with Gasteiger partial charge in [-0.1, -0.05) is 0 Å². The van der Waals surface area contributed by atoms with Crippen LogP contribution in [0.1, 0.15) is 0 Å². The van der Waals surface area contributed by atoms with E-state index >= 15 is 0 Å². The zero-order valence-electron chi connectivity index (χ0n) is 5.05. The molecular weight excluding hydrogens is 171 g/mol. The van der Waals surface area contributed by atoms with E-state index < -0.39 is 6.19 Å². The molecule has 53 valence electrons. The first kappa shape index (κ1) is 8.83. The van der Waals surface area contributed by atoms with Crippen LogP contribution in [-0.2, 0) is 28.7 Å². The van der Waals surface area contributed by atoms with Crippen molar-refractivity contribution in [1.29, 1.82) is 0 Å². The van der Waals surface area contributed by atoms with Gasteiger partial charge < -0.3 is 0 Å². The molecule has 0 bridgehead atoms. The van der Waals surface area contributed by atoms with Crippen LogP contribution in [0.15, 0.2) is 0 Å². The van der Waals surface area contributed by atoms with Gasteiger partial charge in [0, 0.05) is 0 Å². The molecule has 0 aliphatic rings. The van der Waals surface area contributed by atoms with E-state index in [1.165, 1.54) is 21.3 Å². The fourth-order valence-corrected chi connectivity index (χ4v) is 0.671. The standard InChI is InChI=1S/C3H9O3P.Fe.H/c1-4-7(5-2)6-3;;/h1-3H3;;. The summed E-state index contributed by atoms with van der Waals surface area (Å²) in [6, 6.07) is 0. The normalized spacial score (nSPS) is 12.0. The molecular formula is C3H10FeO3P. The number of hydrogen-bond acceptors (Lipinski definition) is 3. The second kappa shape index (κ2) is 3.78. The molecule has 0 atom stereocenters. The zero-order chi connectivity index (χ0) is 6.62. The van der Waals surface area contributed by atoms with E-state index in [4.69, 9.17) is 13.6 Å². The molecule has 0 aromatic carbocycles. The van der Waals surface area contributed by atoms with E-state index in [1.807, 2.05) is 0 Å². The van der Waals surface area contributed by atoms with Crippen LogP contribution in [0.2, 0.25) is 0 Å². The second-order valence-electron chi connectivity index (χ2n) is 0.978. The van der Waals surface area contributed by atoms with Crippen LogP contribution in [0, 0.1) is 0 Å². The Morgan fingerprint density at radius 1 is 1.00 bits per heavy atom. The molecule has 0 unspecified atom stereocenters. The van der Waals surface area contributed by atoms with Gasteiger partial charge in [-0.2, -0.15) is 0 Å². The third kappa shape index (κ3) is 2.40. The summed E-state index contributed by atoms with van der Waals surface area (Å²) < 4.78 is 14.5. The summed E-state index contributed by atoms with van der Waals surface area (Å²) >= 11 is 3.13. The molecule has 0 rings (SSSR count). The van der Waals surface area contributed by atoms with Crippen molar-refractivity contribution in [2.24, 2.45) is 0 Å². The zero-order valence-corrected chi connectivity index (χ0v) is 7.12. The Bertz CT molecular complexity index is 85.7. The van der Waals surface area contributed by atoms with Crippen LogP contribution in [0.3, 0.4) is 0 Å². The molecule has 0 N–H and O–H groups in total. The Hall–Kier alpha value is 0.829. The van der Waals surface area contributed by atoms with Crippen LogP contribution >= 0.6 is 6.19 Å². The van der Waals surface area contributed by atoms with Crippen molar-refractivity contribution in [1.82, 2.24) is 0 Å². The number of hydrogen-bond donors (Lipinski definition) is 0. The van der Waals surface area contributed by atoms with Crippen molar-refractivity contribution in [3.8, 4) is 0 Å². The maximum atomic E-state index is 4.82. The Labute approximate surface area is 56.8 Å². The van der Waals surface area contributed by atoms with Crippen molar-refractivity contribution >= 4 is 6.19 Å². The van der Waals surface area contributed by atoms with Gasteiger partial charge in [-0.15, -0.1) is 0 Å². The fraction of sp³-hybridized carbons (Fsp3) is 1.00. The van der Waals surface area contributed by atoms with Crippen molar-refractivity contribution in [3.63, 3.8) is 0 Å². The van der Waals surface area contributed by atoms with Gasteiger partial charge in [0.1, 0.15) is 0 Å². The summed E-state index contributed by atoms with van der Waals surface area (Å²) in [5, 5.41) is 0. The van der Waals surface area contributed by atoms with Gasteiger partial charge in [0.15, 0.2) is 0 Å². The van der Waals surface area contributed by atoms with E-state index in [-0.39, 0.29) is 0 Å². The van der Waals surface area contributed by atoms with Crippen molar-refractivity contribution in [3.05, 3.63) is 0 Å². The molecule has 0 aliphatic carbocycles. The van der Waals surface area contributed by atoms with E-state index in [9.17, 15) is 0 Å². The van der Waals surface area contributed by atoms with Gasteiger partial charge in [-0.25, -0.2) is 0 Å². The topological polar surface area (TPSA) is 27.7 Å². The molecule has 0 aromatic heterocycles. The molecule has 0 spiro atoms. The van der Waals surface area contributed by atoms with E-state index in [0.717, 1.165) is 0 Å². The summed E-state index contributed by atoms with van der Waals surface area (Å²) in [5.74, 6) is 0. The quantitative estimate of drug-likeness (QED) is 0.477. The first-order valence-electron chi connectivity index (χ1n) is 1.94. The molecule has 0 saturated heterocycles. The van der Waals surface area contributed by atoms with Crippen LogP contribution in [0.4, 0.5) is 0 Å².